The summed E-state index contributed by atoms with van der Waals surface area (Å²) in [6, 6.07) is 4.92. The van der Waals surface area contributed by atoms with Gasteiger partial charge in [0.15, 0.2) is 11.6 Å². The van der Waals surface area contributed by atoms with Crippen molar-refractivity contribution >= 4 is 17.3 Å². The number of rotatable bonds is 5. The van der Waals surface area contributed by atoms with Gasteiger partial charge < -0.3 is 9.88 Å². The Kier molecular flexibility index (Phi) is 6.08. The fourth-order valence-electron chi connectivity index (χ4n) is 4.15. The van der Waals surface area contributed by atoms with Gasteiger partial charge in [0.1, 0.15) is 0 Å². The summed E-state index contributed by atoms with van der Waals surface area (Å²) in [5, 5.41) is 0. The molecule has 1 unspecified atom stereocenters. The largest absolute Gasteiger partial charge is 0.416 e. The van der Waals surface area contributed by atoms with Gasteiger partial charge in [-0.2, -0.15) is 13.2 Å². The van der Waals surface area contributed by atoms with Crippen LogP contribution in [-0.4, -0.2) is 53.7 Å². The molecule has 30 heavy (non-hydrogen) atoms. The molecule has 5 nitrogen and oxygen atoms in total. The summed E-state index contributed by atoms with van der Waals surface area (Å²) in [5.74, 6) is -0.168. The maximum Gasteiger partial charge on any atom is 0.416 e. The van der Waals surface area contributed by atoms with Crippen molar-refractivity contribution in [3.8, 4) is 0 Å². The quantitative estimate of drug-likeness (QED) is 0.734. The van der Waals surface area contributed by atoms with E-state index in [0.717, 1.165) is 6.07 Å². The van der Waals surface area contributed by atoms with Gasteiger partial charge in [0, 0.05) is 43.1 Å². The number of aromatic amines is 1. The number of aryl methyl sites for hydroxylation is 1. The van der Waals surface area contributed by atoms with E-state index >= 15 is 0 Å². The molecule has 2 heterocycles. The highest BCUT2D eigenvalue weighted by Gasteiger charge is 2.32. The first-order valence-corrected chi connectivity index (χ1v) is 9.91. The molecule has 1 N–H and O–H groups in total. The standard InChI is InChI=1S/C22H26F3N3O2/c1-13-19(16(4)29)14(2)26-20(13)21(30)15(3)27-8-10-28(11-9-27)18-7-5-6-17(12-18)22(23,24)25/h5-7,12,15,26H,8-11H2,1-4H3. The molecule has 1 atom stereocenters. The summed E-state index contributed by atoms with van der Waals surface area (Å²) in [4.78, 5) is 31.9. The third-order valence-corrected chi connectivity index (χ3v) is 5.82. The Morgan fingerprint density at radius 3 is 2.27 bits per heavy atom. The lowest BCUT2D eigenvalue weighted by Crippen LogP contribution is -2.52. The molecule has 0 aliphatic carbocycles. The first-order valence-electron chi connectivity index (χ1n) is 9.91. The number of hydrogen-bond acceptors (Lipinski definition) is 4. The Bertz CT molecular complexity index is 957. The Labute approximate surface area is 173 Å². The van der Waals surface area contributed by atoms with Crippen molar-refractivity contribution in [2.24, 2.45) is 0 Å². The number of ketones is 2. The van der Waals surface area contributed by atoms with E-state index in [4.69, 9.17) is 0 Å². The second kappa shape index (κ2) is 8.26. The van der Waals surface area contributed by atoms with E-state index in [1.807, 2.05) is 16.7 Å². The number of nitrogens with zero attached hydrogens (tertiary/aromatic N) is 2. The number of anilines is 1. The van der Waals surface area contributed by atoms with Crippen molar-refractivity contribution in [2.45, 2.75) is 39.9 Å². The predicted molar refractivity (Wildman–Crippen MR) is 109 cm³/mol. The van der Waals surface area contributed by atoms with Crippen LogP contribution in [0.5, 0.6) is 0 Å². The van der Waals surface area contributed by atoms with Crippen molar-refractivity contribution in [2.75, 3.05) is 31.1 Å². The van der Waals surface area contributed by atoms with Crippen molar-refractivity contribution in [3.05, 3.63) is 52.3 Å². The summed E-state index contributed by atoms with van der Waals surface area (Å²) in [5.41, 5.74) is 2.23. The van der Waals surface area contributed by atoms with Gasteiger partial charge in [0.25, 0.3) is 0 Å². The molecule has 1 aliphatic rings. The normalized spacial score (nSPS) is 16.6. The zero-order valence-corrected chi connectivity index (χ0v) is 17.6. The summed E-state index contributed by atoms with van der Waals surface area (Å²) < 4.78 is 38.9. The SMILES string of the molecule is CC(=O)c1c(C)[nH]c(C(=O)C(C)N2CCN(c3cccc(C(F)(F)F)c3)CC2)c1C. The highest BCUT2D eigenvalue weighted by Crippen LogP contribution is 2.32. The summed E-state index contributed by atoms with van der Waals surface area (Å²) in [7, 11) is 0. The molecule has 1 saturated heterocycles. The molecule has 0 bridgehead atoms. The molecule has 0 saturated carbocycles. The number of carbonyl (C=O) groups excluding carboxylic acids is 2. The lowest BCUT2D eigenvalue weighted by atomic mass is 10.0. The molecule has 1 aromatic carbocycles. The van der Waals surface area contributed by atoms with Gasteiger partial charge in [-0.3, -0.25) is 14.5 Å². The summed E-state index contributed by atoms with van der Waals surface area (Å²) >= 11 is 0. The highest BCUT2D eigenvalue weighted by molar-refractivity contribution is 6.05. The van der Waals surface area contributed by atoms with Crippen LogP contribution in [0, 0.1) is 13.8 Å². The monoisotopic (exact) mass is 421 g/mol. The number of alkyl halides is 3. The molecule has 2 aromatic rings. The number of carbonyl (C=O) groups is 2. The Morgan fingerprint density at radius 1 is 1.10 bits per heavy atom. The number of Topliss-reactive ketones (excluding diaryl/α,β-unsaturated/α-hetero) is 2. The van der Waals surface area contributed by atoms with E-state index < -0.39 is 17.8 Å². The molecule has 3 rings (SSSR count). The Hall–Kier alpha value is -2.61. The van der Waals surface area contributed by atoms with Crippen molar-refractivity contribution in [3.63, 3.8) is 0 Å². The molecule has 0 amide bonds. The Balaban J connectivity index is 1.69. The van der Waals surface area contributed by atoms with Crippen LogP contribution in [-0.2, 0) is 6.18 Å². The zero-order chi connectivity index (χ0) is 22.2. The fourth-order valence-corrected chi connectivity index (χ4v) is 4.15. The second-order valence-electron chi connectivity index (χ2n) is 7.79. The molecule has 0 spiro atoms. The molecule has 1 fully saturated rings. The third kappa shape index (κ3) is 4.28. The Morgan fingerprint density at radius 2 is 1.73 bits per heavy atom. The van der Waals surface area contributed by atoms with Crippen LogP contribution in [0.4, 0.5) is 18.9 Å². The number of piperazine rings is 1. The highest BCUT2D eigenvalue weighted by atomic mass is 19.4. The van der Waals surface area contributed by atoms with Gasteiger partial charge in [-0.15, -0.1) is 0 Å². The smallest absolute Gasteiger partial charge is 0.369 e. The second-order valence-corrected chi connectivity index (χ2v) is 7.79. The molecular weight excluding hydrogens is 395 g/mol. The fraction of sp³-hybridized carbons (Fsp3) is 0.455. The van der Waals surface area contributed by atoms with Crippen molar-refractivity contribution in [1.29, 1.82) is 0 Å². The molecular formula is C22H26F3N3O2. The molecule has 1 aromatic heterocycles. The topological polar surface area (TPSA) is 56.4 Å². The third-order valence-electron chi connectivity index (χ3n) is 5.82. The first-order chi connectivity index (χ1) is 14.0. The predicted octanol–water partition coefficient (Wildman–Crippen LogP) is 4.25. The molecule has 8 heteroatoms. The lowest BCUT2D eigenvalue weighted by molar-refractivity contribution is -0.137. The molecule has 162 valence electrons. The number of aromatic nitrogens is 1. The average molecular weight is 421 g/mol. The number of nitrogens with one attached hydrogen (secondary N) is 1. The number of hydrogen-bond donors (Lipinski definition) is 1. The van der Waals surface area contributed by atoms with Gasteiger partial charge in [-0.25, -0.2) is 0 Å². The van der Waals surface area contributed by atoms with Gasteiger partial charge in [-0.1, -0.05) is 6.07 Å². The maximum absolute atomic E-state index is 13.0. The molecule has 0 radical (unpaired) electrons. The number of halogens is 3. The van der Waals surface area contributed by atoms with Gasteiger partial charge in [-0.05, 0) is 51.5 Å². The minimum Gasteiger partial charge on any atom is -0.369 e. The lowest BCUT2D eigenvalue weighted by Gasteiger charge is -2.38. The minimum atomic E-state index is -4.37. The number of benzene rings is 1. The maximum atomic E-state index is 13.0. The van der Waals surface area contributed by atoms with Gasteiger partial charge in [0.2, 0.25) is 0 Å². The van der Waals surface area contributed by atoms with E-state index in [2.05, 4.69) is 4.98 Å². The van der Waals surface area contributed by atoms with Crippen LogP contribution in [0.25, 0.3) is 0 Å². The van der Waals surface area contributed by atoms with E-state index in [-0.39, 0.29) is 11.6 Å². The minimum absolute atomic E-state index is 0.0809. The van der Waals surface area contributed by atoms with E-state index in [1.54, 1.807) is 19.9 Å². The number of H-pyrrole nitrogens is 1. The zero-order valence-electron chi connectivity index (χ0n) is 17.6. The first kappa shape index (κ1) is 22.1. The van der Waals surface area contributed by atoms with Gasteiger partial charge in [0.05, 0.1) is 17.3 Å². The van der Waals surface area contributed by atoms with E-state index in [0.29, 0.717) is 54.4 Å². The van der Waals surface area contributed by atoms with Crippen LogP contribution in [0.15, 0.2) is 24.3 Å². The van der Waals surface area contributed by atoms with E-state index in [1.165, 1.54) is 19.1 Å². The van der Waals surface area contributed by atoms with Crippen LogP contribution < -0.4 is 4.90 Å². The average Bonchev–Trinajstić information content (AvgIpc) is 3.00. The van der Waals surface area contributed by atoms with Crippen LogP contribution >= 0.6 is 0 Å². The van der Waals surface area contributed by atoms with Crippen molar-refractivity contribution < 1.29 is 22.8 Å². The summed E-state index contributed by atoms with van der Waals surface area (Å²) in [6.07, 6.45) is -4.37. The van der Waals surface area contributed by atoms with Crippen LogP contribution in [0.3, 0.4) is 0 Å². The van der Waals surface area contributed by atoms with Crippen LogP contribution in [0.1, 0.15) is 51.5 Å². The molecule has 1 aliphatic heterocycles. The summed E-state index contributed by atoms with van der Waals surface area (Å²) in [6.45, 7) is 9.02. The van der Waals surface area contributed by atoms with E-state index in [9.17, 15) is 22.8 Å². The van der Waals surface area contributed by atoms with Crippen molar-refractivity contribution in [1.82, 2.24) is 9.88 Å². The van der Waals surface area contributed by atoms with Gasteiger partial charge >= 0.3 is 6.18 Å². The van der Waals surface area contributed by atoms with Crippen LogP contribution in [0.2, 0.25) is 0 Å².